The van der Waals surface area contributed by atoms with Crippen LogP contribution in [0.2, 0.25) is 0 Å². The number of methoxy groups -OCH3 is 4. The standard InChI is InChI=1S/C25H30O11.Pd/c1-21(2)15(18(28)33-9)25(21)20(30)36-23(5,6)24(25,19(29)34-10)11-12-13(16(26)31-7)14(17(27)32-8)22(3,4)35-12;/h1-10H3;/q-2;+2/t24-,25-;/m0./s1. The topological polar surface area (TPSA) is 141 Å². The van der Waals surface area contributed by atoms with E-state index in [2.05, 4.69) is 6.08 Å². The van der Waals surface area contributed by atoms with E-state index in [0.717, 1.165) is 28.4 Å². The summed E-state index contributed by atoms with van der Waals surface area (Å²) in [6, 6.07) is 0. The van der Waals surface area contributed by atoms with Crippen LogP contribution in [0.15, 0.2) is 16.9 Å². The molecule has 1 spiro atoms. The van der Waals surface area contributed by atoms with Crippen LogP contribution in [0.5, 0.6) is 0 Å². The van der Waals surface area contributed by atoms with Crippen molar-refractivity contribution in [2.75, 3.05) is 28.4 Å². The van der Waals surface area contributed by atoms with Gasteiger partial charge in [-0.25, -0.2) is 10.9 Å². The number of hydrogen-bond acceptors (Lipinski definition) is 11. The van der Waals surface area contributed by atoms with E-state index in [1.54, 1.807) is 13.8 Å². The third kappa shape index (κ3) is 3.56. The molecule has 1 saturated heterocycles. The molecule has 11 nitrogen and oxygen atoms in total. The molecule has 0 aromatic carbocycles. The fourth-order valence-electron chi connectivity index (χ4n) is 5.79. The van der Waals surface area contributed by atoms with Crippen LogP contribution in [0.1, 0.15) is 41.5 Å². The molecule has 2 aliphatic heterocycles. The van der Waals surface area contributed by atoms with Crippen molar-refractivity contribution in [1.29, 1.82) is 0 Å². The first-order valence-corrected chi connectivity index (χ1v) is 11.0. The van der Waals surface area contributed by atoms with Crippen LogP contribution >= 0.6 is 0 Å². The van der Waals surface area contributed by atoms with Gasteiger partial charge in [0.15, 0.2) is 5.97 Å². The Bertz CT molecular complexity index is 1130. The summed E-state index contributed by atoms with van der Waals surface area (Å²) in [4.78, 5) is 65.6. The Morgan fingerprint density at radius 1 is 0.811 bits per heavy atom. The van der Waals surface area contributed by atoms with E-state index >= 15 is 0 Å². The summed E-state index contributed by atoms with van der Waals surface area (Å²) in [6.45, 7) is 9.09. The predicted molar refractivity (Wildman–Crippen MR) is 119 cm³/mol. The van der Waals surface area contributed by atoms with Crippen molar-refractivity contribution in [1.82, 2.24) is 0 Å². The molecule has 1 saturated carbocycles. The monoisotopic (exact) mass is 612 g/mol. The first-order valence-electron chi connectivity index (χ1n) is 11.0. The minimum absolute atomic E-state index is 0. The third-order valence-electron chi connectivity index (χ3n) is 7.39. The van der Waals surface area contributed by atoms with Crippen LogP contribution in [0.4, 0.5) is 0 Å². The summed E-state index contributed by atoms with van der Waals surface area (Å²) in [7, 11) is 4.48. The molecule has 206 valence electrons. The Balaban J connectivity index is 0.00000481. The molecule has 12 heteroatoms. The van der Waals surface area contributed by atoms with Crippen LogP contribution in [-0.2, 0) is 72.8 Å². The molecular weight excluding hydrogens is 583 g/mol. The number of ether oxygens (including phenoxy) is 6. The molecule has 2 atom stereocenters. The normalized spacial score (nSPS) is 29.2. The molecule has 1 aliphatic carbocycles. The second-order valence-electron chi connectivity index (χ2n) is 10.2. The predicted octanol–water partition coefficient (Wildman–Crippen LogP) is 1.39. The average Bonchev–Trinajstić information content (AvgIpc) is 3.11. The molecule has 2 fully saturated rings. The number of hydrogen-bond donors (Lipinski definition) is 0. The van der Waals surface area contributed by atoms with Gasteiger partial charge in [0.25, 0.3) is 17.9 Å². The molecule has 0 aromatic rings. The molecule has 0 amide bonds. The fraction of sp³-hybridized carbons (Fsp3) is 0.600. The fourth-order valence-corrected chi connectivity index (χ4v) is 5.79. The van der Waals surface area contributed by atoms with E-state index < -0.39 is 57.3 Å². The van der Waals surface area contributed by atoms with E-state index in [1.807, 2.05) is 0 Å². The van der Waals surface area contributed by atoms with Crippen LogP contribution < -0.4 is 0 Å². The van der Waals surface area contributed by atoms with Gasteiger partial charge in [0.2, 0.25) is 0 Å². The van der Waals surface area contributed by atoms with Gasteiger partial charge in [0.1, 0.15) is 11.2 Å². The summed E-state index contributed by atoms with van der Waals surface area (Å²) in [5.41, 5.74) is -8.87. The molecule has 2 heterocycles. The van der Waals surface area contributed by atoms with Gasteiger partial charge in [-0.3, -0.25) is 25.1 Å². The van der Waals surface area contributed by atoms with Gasteiger partial charge < -0.3 is 28.4 Å². The number of cyclic esters (lactones) is 1. The summed E-state index contributed by atoms with van der Waals surface area (Å²) in [5.74, 6) is -4.88. The Hall–Kier alpha value is -2.84. The molecule has 0 bridgehead atoms. The quantitative estimate of drug-likeness (QED) is 0.192. The Morgan fingerprint density at radius 2 is 1.35 bits per heavy atom. The zero-order valence-corrected chi connectivity index (χ0v) is 23.9. The van der Waals surface area contributed by atoms with Crippen molar-refractivity contribution >= 4 is 29.8 Å². The van der Waals surface area contributed by atoms with Gasteiger partial charge in [-0.15, -0.1) is 5.41 Å². The van der Waals surface area contributed by atoms with Gasteiger partial charge in [-0.05, 0) is 44.4 Å². The largest absolute Gasteiger partial charge is 2.00 e. The van der Waals surface area contributed by atoms with E-state index in [1.165, 1.54) is 27.7 Å². The number of rotatable bonds is 5. The first kappa shape index (κ1) is 30.4. The van der Waals surface area contributed by atoms with E-state index in [9.17, 15) is 24.0 Å². The first-order chi connectivity index (χ1) is 16.5. The number of carbonyl (C=O) groups excluding carboxylic acids is 5. The van der Waals surface area contributed by atoms with Gasteiger partial charge in [-0.2, -0.15) is 0 Å². The summed E-state index contributed by atoms with van der Waals surface area (Å²) in [6.07, 6.45) is 2.89. The summed E-state index contributed by atoms with van der Waals surface area (Å²) in [5, 5.41) is 0. The molecule has 3 rings (SSSR count). The van der Waals surface area contributed by atoms with E-state index in [-0.39, 0.29) is 43.2 Å². The number of carbonyl (C=O) groups is 5. The zero-order chi connectivity index (χ0) is 27.6. The average molecular weight is 613 g/mol. The van der Waals surface area contributed by atoms with Gasteiger partial charge >= 0.3 is 26.4 Å². The Kier molecular flexibility index (Phi) is 7.53. The minimum Gasteiger partial charge on any atom is -0.522 e. The van der Waals surface area contributed by atoms with Gasteiger partial charge in [0, 0.05) is 11.0 Å². The van der Waals surface area contributed by atoms with Gasteiger partial charge in [0.05, 0.1) is 28.4 Å². The molecule has 0 aromatic heterocycles. The summed E-state index contributed by atoms with van der Waals surface area (Å²) < 4.78 is 31.4. The second kappa shape index (κ2) is 9.17. The maximum absolute atomic E-state index is 13.7. The number of esters is 5. The maximum atomic E-state index is 13.7. The smallest absolute Gasteiger partial charge is 0.522 e. The van der Waals surface area contributed by atoms with Crippen molar-refractivity contribution in [3.8, 4) is 0 Å². The van der Waals surface area contributed by atoms with Crippen molar-refractivity contribution < 1.29 is 72.8 Å². The van der Waals surface area contributed by atoms with Crippen molar-refractivity contribution in [2.45, 2.75) is 52.7 Å². The van der Waals surface area contributed by atoms with E-state index in [4.69, 9.17) is 28.4 Å². The van der Waals surface area contributed by atoms with E-state index in [0.29, 0.717) is 0 Å². The molecule has 0 N–H and O–H groups in total. The second-order valence-corrected chi connectivity index (χ2v) is 10.2. The molecule has 3 aliphatic rings. The van der Waals surface area contributed by atoms with Crippen LogP contribution in [0, 0.1) is 28.2 Å². The van der Waals surface area contributed by atoms with Crippen LogP contribution in [-0.4, -0.2) is 69.5 Å². The van der Waals surface area contributed by atoms with Crippen LogP contribution in [0.3, 0.4) is 0 Å². The van der Waals surface area contributed by atoms with Crippen molar-refractivity contribution in [3.05, 3.63) is 28.9 Å². The van der Waals surface area contributed by atoms with Gasteiger partial charge in [-0.1, -0.05) is 13.8 Å². The van der Waals surface area contributed by atoms with Crippen molar-refractivity contribution in [2.24, 2.45) is 16.2 Å². The zero-order valence-electron chi connectivity index (χ0n) is 22.3. The minimum atomic E-state index is -2.14. The Morgan fingerprint density at radius 3 is 1.81 bits per heavy atom. The third-order valence-corrected chi connectivity index (χ3v) is 7.39. The Labute approximate surface area is 228 Å². The maximum Gasteiger partial charge on any atom is 2.00 e. The van der Waals surface area contributed by atoms with Crippen molar-refractivity contribution in [3.63, 3.8) is 0 Å². The SMILES string of the molecule is COC(=O)C1=C(C(=O)OC)C(C)(C)OC1=[C-][C@]1(C(=O)OC)C(C)(C)OC(=O)[C@]12[C-](C(=O)OC)C2(C)C.[Pd+2]. The molecule has 0 unspecified atom stereocenters. The molecular formula is C25H30O11Pd. The van der Waals surface area contributed by atoms with Crippen LogP contribution in [0.25, 0.3) is 0 Å². The molecule has 37 heavy (non-hydrogen) atoms. The molecule has 0 radical (unpaired) electrons. The summed E-state index contributed by atoms with van der Waals surface area (Å²) >= 11 is 0.